The van der Waals surface area contributed by atoms with Crippen molar-refractivity contribution < 1.29 is 9.53 Å². The molecule has 0 unspecified atom stereocenters. The van der Waals surface area contributed by atoms with E-state index in [9.17, 15) is 4.79 Å². The van der Waals surface area contributed by atoms with Crippen LogP contribution in [0.1, 0.15) is 26.3 Å². The van der Waals surface area contributed by atoms with Crippen molar-refractivity contribution in [3.05, 3.63) is 57.5 Å². The molecule has 2 aromatic carbocycles. The summed E-state index contributed by atoms with van der Waals surface area (Å²) in [4.78, 5) is 12.0. The fourth-order valence-corrected chi connectivity index (χ4v) is 2.63. The Morgan fingerprint density at radius 1 is 1.22 bits per heavy atom. The van der Waals surface area contributed by atoms with Gasteiger partial charge in [0, 0.05) is 9.50 Å². The van der Waals surface area contributed by atoms with Gasteiger partial charge < -0.3 is 10.1 Å². The van der Waals surface area contributed by atoms with Crippen LogP contribution in [-0.4, -0.2) is 12.5 Å². The number of rotatable bonds is 4. The molecule has 0 heterocycles. The van der Waals surface area contributed by atoms with Crippen LogP contribution in [0, 0.1) is 0 Å². The number of nitrogens with one attached hydrogen (secondary N) is 1. The molecule has 2 aromatic rings. The van der Waals surface area contributed by atoms with Crippen molar-refractivity contribution in [3.63, 3.8) is 0 Å². The van der Waals surface area contributed by atoms with Crippen molar-refractivity contribution in [2.24, 2.45) is 0 Å². The number of benzene rings is 2. The van der Waals surface area contributed by atoms with E-state index in [0.717, 1.165) is 10.2 Å². The van der Waals surface area contributed by atoms with Crippen molar-refractivity contribution in [1.29, 1.82) is 0 Å². The number of amides is 1. The molecule has 0 aromatic heterocycles. The summed E-state index contributed by atoms with van der Waals surface area (Å²) in [6, 6.07) is 12.9. The minimum absolute atomic E-state index is 0.0563. The van der Waals surface area contributed by atoms with Crippen LogP contribution in [0.5, 0.6) is 5.75 Å². The Bertz CT molecular complexity index is 710. The van der Waals surface area contributed by atoms with E-state index in [4.69, 9.17) is 16.3 Å². The lowest BCUT2D eigenvalue weighted by molar-refractivity contribution is -0.118. The largest absolute Gasteiger partial charge is 0.484 e. The summed E-state index contributed by atoms with van der Waals surface area (Å²) in [6.45, 7) is 6.36. The Morgan fingerprint density at radius 2 is 1.96 bits per heavy atom. The van der Waals surface area contributed by atoms with Crippen LogP contribution in [-0.2, 0) is 10.2 Å². The molecule has 0 aliphatic heterocycles. The molecule has 2 rings (SSSR count). The second-order valence-electron chi connectivity index (χ2n) is 6.24. The van der Waals surface area contributed by atoms with E-state index < -0.39 is 0 Å². The summed E-state index contributed by atoms with van der Waals surface area (Å²) in [5.41, 5.74) is 1.97. The minimum atomic E-state index is -0.228. The van der Waals surface area contributed by atoms with Crippen molar-refractivity contribution in [1.82, 2.24) is 0 Å². The maximum Gasteiger partial charge on any atom is 0.262 e. The molecular weight excluding hydrogens is 378 g/mol. The molecule has 0 saturated heterocycles. The molecule has 0 saturated carbocycles. The highest BCUT2D eigenvalue weighted by atomic mass is 79.9. The molecule has 122 valence electrons. The first-order valence-corrected chi connectivity index (χ1v) is 8.41. The lowest BCUT2D eigenvalue weighted by atomic mass is 9.87. The highest BCUT2D eigenvalue weighted by Crippen LogP contribution is 2.30. The normalized spacial score (nSPS) is 11.2. The summed E-state index contributed by atoms with van der Waals surface area (Å²) in [7, 11) is 0. The van der Waals surface area contributed by atoms with Crippen molar-refractivity contribution in [2.45, 2.75) is 26.2 Å². The molecular formula is C18H19BrClNO2. The first-order valence-electron chi connectivity index (χ1n) is 7.24. The third kappa shape index (κ3) is 5.26. The molecule has 0 radical (unpaired) electrons. The SMILES string of the molecule is CC(C)(C)c1ccc(NC(=O)COc2cccc(Cl)c2)c(Br)c1. The zero-order chi connectivity index (χ0) is 17.0. The fraction of sp³-hybridized carbons (Fsp3) is 0.278. The quantitative estimate of drug-likeness (QED) is 0.749. The van der Waals surface area contributed by atoms with Gasteiger partial charge in [-0.2, -0.15) is 0 Å². The van der Waals surface area contributed by atoms with Gasteiger partial charge in [-0.3, -0.25) is 4.79 Å². The first-order chi connectivity index (χ1) is 10.8. The van der Waals surface area contributed by atoms with Gasteiger partial charge in [0.25, 0.3) is 5.91 Å². The molecule has 5 heteroatoms. The van der Waals surface area contributed by atoms with Gasteiger partial charge in [0.05, 0.1) is 5.69 Å². The summed E-state index contributed by atoms with van der Waals surface area (Å²) in [6.07, 6.45) is 0. The topological polar surface area (TPSA) is 38.3 Å². The van der Waals surface area contributed by atoms with E-state index in [0.29, 0.717) is 10.8 Å². The van der Waals surface area contributed by atoms with Gasteiger partial charge in [0.15, 0.2) is 6.61 Å². The predicted octanol–water partition coefficient (Wildman–Crippen LogP) is 5.42. The maximum atomic E-state index is 12.0. The smallest absolute Gasteiger partial charge is 0.262 e. The van der Waals surface area contributed by atoms with Crippen LogP contribution in [0.25, 0.3) is 0 Å². The third-order valence-electron chi connectivity index (χ3n) is 3.28. The summed E-state index contributed by atoms with van der Waals surface area (Å²) >= 11 is 9.38. The number of ether oxygens (including phenoxy) is 1. The maximum absolute atomic E-state index is 12.0. The lowest BCUT2D eigenvalue weighted by Gasteiger charge is -2.20. The van der Waals surface area contributed by atoms with E-state index in [1.54, 1.807) is 24.3 Å². The molecule has 23 heavy (non-hydrogen) atoms. The number of carbonyl (C=O) groups excluding carboxylic acids is 1. The zero-order valence-electron chi connectivity index (χ0n) is 13.3. The van der Waals surface area contributed by atoms with Gasteiger partial charge in [-0.15, -0.1) is 0 Å². The van der Waals surface area contributed by atoms with Gasteiger partial charge in [-0.05, 0) is 57.2 Å². The number of hydrogen-bond donors (Lipinski definition) is 1. The van der Waals surface area contributed by atoms with Crippen molar-refractivity contribution in [2.75, 3.05) is 11.9 Å². The first kappa shape index (κ1) is 17.8. The number of hydrogen-bond acceptors (Lipinski definition) is 2. The number of anilines is 1. The number of carbonyl (C=O) groups is 1. The van der Waals surface area contributed by atoms with Crippen LogP contribution in [0.2, 0.25) is 5.02 Å². The average Bonchev–Trinajstić information content (AvgIpc) is 2.46. The Hall–Kier alpha value is -1.52. The molecule has 0 atom stereocenters. The van der Waals surface area contributed by atoms with E-state index in [-0.39, 0.29) is 17.9 Å². The number of halogens is 2. The monoisotopic (exact) mass is 395 g/mol. The van der Waals surface area contributed by atoms with E-state index in [2.05, 4.69) is 42.0 Å². The van der Waals surface area contributed by atoms with Crippen molar-refractivity contribution >= 4 is 39.1 Å². The van der Waals surface area contributed by atoms with Crippen molar-refractivity contribution in [3.8, 4) is 5.75 Å². The molecule has 3 nitrogen and oxygen atoms in total. The molecule has 0 spiro atoms. The van der Waals surface area contributed by atoms with E-state index in [1.165, 1.54) is 5.56 Å². The predicted molar refractivity (Wildman–Crippen MR) is 98.4 cm³/mol. The van der Waals surface area contributed by atoms with Crippen LogP contribution in [0.15, 0.2) is 46.9 Å². The highest BCUT2D eigenvalue weighted by Gasteiger charge is 2.15. The molecule has 1 amide bonds. The second-order valence-corrected chi connectivity index (χ2v) is 7.53. The Balaban J connectivity index is 1.98. The molecule has 1 N–H and O–H groups in total. The van der Waals surface area contributed by atoms with Gasteiger partial charge >= 0.3 is 0 Å². The Kier molecular flexibility index (Phi) is 5.71. The Labute approximate surface area is 150 Å². The van der Waals surface area contributed by atoms with Crippen LogP contribution >= 0.6 is 27.5 Å². The van der Waals surface area contributed by atoms with E-state index >= 15 is 0 Å². The zero-order valence-corrected chi connectivity index (χ0v) is 15.7. The minimum Gasteiger partial charge on any atom is -0.484 e. The standard InChI is InChI=1S/C18H19BrClNO2/c1-18(2,3)12-7-8-16(15(19)9-12)21-17(22)11-23-14-6-4-5-13(20)10-14/h4-10H,11H2,1-3H3,(H,21,22). The molecule has 0 fully saturated rings. The second kappa shape index (κ2) is 7.37. The van der Waals surface area contributed by atoms with Gasteiger partial charge in [0.1, 0.15) is 5.75 Å². The van der Waals surface area contributed by atoms with Gasteiger partial charge in [-0.1, -0.05) is 44.5 Å². The summed E-state index contributed by atoms with van der Waals surface area (Å²) in [5, 5.41) is 3.40. The summed E-state index contributed by atoms with van der Waals surface area (Å²) in [5.74, 6) is 0.337. The highest BCUT2D eigenvalue weighted by molar-refractivity contribution is 9.10. The van der Waals surface area contributed by atoms with Gasteiger partial charge in [0.2, 0.25) is 0 Å². The lowest BCUT2D eigenvalue weighted by Crippen LogP contribution is -2.20. The van der Waals surface area contributed by atoms with Crippen LogP contribution in [0.4, 0.5) is 5.69 Å². The molecule has 0 bridgehead atoms. The van der Waals surface area contributed by atoms with E-state index in [1.807, 2.05) is 18.2 Å². The fourth-order valence-electron chi connectivity index (χ4n) is 1.97. The van der Waals surface area contributed by atoms with Crippen LogP contribution < -0.4 is 10.1 Å². The molecule has 0 aliphatic carbocycles. The summed E-state index contributed by atoms with van der Waals surface area (Å²) < 4.78 is 6.28. The third-order valence-corrected chi connectivity index (χ3v) is 4.17. The average molecular weight is 397 g/mol. The van der Waals surface area contributed by atoms with Gasteiger partial charge in [-0.25, -0.2) is 0 Å². The molecule has 0 aliphatic rings. The Morgan fingerprint density at radius 3 is 2.57 bits per heavy atom. The van der Waals surface area contributed by atoms with Crippen LogP contribution in [0.3, 0.4) is 0 Å².